The molecule has 2 aliphatic rings. The molecule has 5 heteroatoms. The second-order valence-corrected chi connectivity index (χ2v) is 9.09. The number of hydrogen-bond acceptors (Lipinski definition) is 4. The maximum atomic E-state index is 12.3. The standard InChI is InChI=1S/C18H34N2O3/c1-12-8-18(5,6)9-13(12)19-14-10-20(11-15(14)22-7)16(21)23-17(2,3)4/h12-15,19H,8-11H2,1-7H3/t12?,13?,14?,15-/m0/s1. The second-order valence-electron chi connectivity index (χ2n) is 9.09. The summed E-state index contributed by atoms with van der Waals surface area (Å²) in [6.07, 6.45) is 2.19. The molecule has 1 aliphatic heterocycles. The van der Waals surface area contributed by atoms with Crippen LogP contribution >= 0.6 is 0 Å². The van der Waals surface area contributed by atoms with E-state index < -0.39 is 5.60 Å². The molecule has 0 aromatic rings. The number of methoxy groups -OCH3 is 1. The number of nitrogens with zero attached hydrogens (tertiary/aromatic N) is 1. The molecule has 1 aliphatic carbocycles. The molecule has 0 spiro atoms. The first-order valence-electron chi connectivity index (χ1n) is 8.77. The average molecular weight is 326 g/mol. The van der Waals surface area contributed by atoms with Gasteiger partial charge in [0.1, 0.15) is 5.60 Å². The summed E-state index contributed by atoms with van der Waals surface area (Å²) >= 11 is 0. The van der Waals surface area contributed by atoms with Gasteiger partial charge in [-0.25, -0.2) is 4.79 Å². The Bertz CT molecular complexity index is 430. The Balaban J connectivity index is 1.96. The topological polar surface area (TPSA) is 50.8 Å². The molecule has 0 bridgehead atoms. The summed E-state index contributed by atoms with van der Waals surface area (Å²) in [4.78, 5) is 14.1. The van der Waals surface area contributed by atoms with E-state index in [4.69, 9.17) is 9.47 Å². The van der Waals surface area contributed by atoms with Crippen LogP contribution in [0.2, 0.25) is 0 Å². The van der Waals surface area contributed by atoms with Gasteiger partial charge in [-0.3, -0.25) is 0 Å². The lowest BCUT2D eigenvalue weighted by molar-refractivity contribution is 0.0252. The molecule has 1 saturated heterocycles. The van der Waals surface area contributed by atoms with Gasteiger partial charge in [-0.15, -0.1) is 0 Å². The van der Waals surface area contributed by atoms with E-state index in [0.717, 1.165) is 0 Å². The van der Waals surface area contributed by atoms with Crippen molar-refractivity contribution in [3.63, 3.8) is 0 Å². The van der Waals surface area contributed by atoms with Crippen LogP contribution < -0.4 is 5.32 Å². The monoisotopic (exact) mass is 326 g/mol. The maximum Gasteiger partial charge on any atom is 0.410 e. The van der Waals surface area contributed by atoms with Crippen molar-refractivity contribution in [2.24, 2.45) is 11.3 Å². The first-order chi connectivity index (χ1) is 10.5. The summed E-state index contributed by atoms with van der Waals surface area (Å²) in [5, 5.41) is 3.76. The quantitative estimate of drug-likeness (QED) is 0.866. The lowest BCUT2D eigenvalue weighted by Crippen LogP contribution is -2.47. The van der Waals surface area contributed by atoms with Crippen molar-refractivity contribution < 1.29 is 14.3 Å². The van der Waals surface area contributed by atoms with E-state index >= 15 is 0 Å². The van der Waals surface area contributed by atoms with Crippen molar-refractivity contribution in [2.45, 2.75) is 78.2 Å². The summed E-state index contributed by atoms with van der Waals surface area (Å²) in [6.45, 7) is 13.9. The Kier molecular flexibility index (Phi) is 5.31. The third-order valence-electron chi connectivity index (χ3n) is 4.98. The zero-order valence-electron chi connectivity index (χ0n) is 15.8. The molecule has 23 heavy (non-hydrogen) atoms. The van der Waals surface area contributed by atoms with Crippen LogP contribution in [-0.4, -0.2) is 55.0 Å². The Hall–Kier alpha value is -0.810. The Morgan fingerprint density at radius 2 is 1.83 bits per heavy atom. The van der Waals surface area contributed by atoms with E-state index in [1.807, 2.05) is 20.8 Å². The highest BCUT2D eigenvalue weighted by Gasteiger charge is 2.42. The van der Waals surface area contributed by atoms with E-state index in [1.165, 1.54) is 12.8 Å². The lowest BCUT2D eigenvalue weighted by Gasteiger charge is -2.26. The fraction of sp³-hybridized carbons (Fsp3) is 0.944. The smallest absolute Gasteiger partial charge is 0.410 e. The van der Waals surface area contributed by atoms with Gasteiger partial charge in [0.05, 0.1) is 18.7 Å². The van der Waals surface area contributed by atoms with E-state index in [-0.39, 0.29) is 18.2 Å². The van der Waals surface area contributed by atoms with Gasteiger partial charge in [-0.1, -0.05) is 20.8 Å². The zero-order chi connectivity index (χ0) is 17.4. The molecule has 5 nitrogen and oxygen atoms in total. The molecule has 1 heterocycles. The molecule has 1 saturated carbocycles. The first-order valence-corrected chi connectivity index (χ1v) is 8.77. The van der Waals surface area contributed by atoms with E-state index in [2.05, 4.69) is 26.1 Å². The maximum absolute atomic E-state index is 12.3. The van der Waals surface area contributed by atoms with Crippen LogP contribution in [0.1, 0.15) is 54.4 Å². The molecule has 0 aromatic carbocycles. The number of hydrogen-bond donors (Lipinski definition) is 1. The summed E-state index contributed by atoms with van der Waals surface area (Å²) in [5.74, 6) is 0.651. The van der Waals surface area contributed by atoms with Gasteiger partial charge >= 0.3 is 6.09 Å². The zero-order valence-corrected chi connectivity index (χ0v) is 15.8. The van der Waals surface area contributed by atoms with Crippen LogP contribution in [0, 0.1) is 11.3 Å². The fourth-order valence-electron chi connectivity index (χ4n) is 4.04. The van der Waals surface area contributed by atoms with Gasteiger partial charge in [0.2, 0.25) is 0 Å². The third-order valence-corrected chi connectivity index (χ3v) is 4.98. The molecule has 2 fully saturated rings. The Labute approximate surface area is 141 Å². The highest BCUT2D eigenvalue weighted by atomic mass is 16.6. The predicted molar refractivity (Wildman–Crippen MR) is 91.5 cm³/mol. The summed E-state index contributed by atoms with van der Waals surface area (Å²) in [7, 11) is 1.72. The number of carbonyl (C=O) groups is 1. The predicted octanol–water partition coefficient (Wildman–Crippen LogP) is 3.04. The van der Waals surface area contributed by atoms with Gasteiger partial charge in [-0.2, -0.15) is 0 Å². The average Bonchev–Trinajstić information content (AvgIpc) is 2.88. The molecule has 134 valence electrons. The first kappa shape index (κ1) is 18.5. The van der Waals surface area contributed by atoms with Gasteiger partial charge in [0.25, 0.3) is 0 Å². The van der Waals surface area contributed by atoms with Crippen molar-refractivity contribution in [3.05, 3.63) is 0 Å². The van der Waals surface area contributed by atoms with Crippen molar-refractivity contribution >= 4 is 6.09 Å². The molecule has 0 aromatic heterocycles. The van der Waals surface area contributed by atoms with Crippen molar-refractivity contribution in [2.75, 3.05) is 20.2 Å². The molecule has 3 unspecified atom stereocenters. The van der Waals surface area contributed by atoms with Crippen molar-refractivity contribution in [1.82, 2.24) is 10.2 Å². The number of amides is 1. The molecule has 1 N–H and O–H groups in total. The fourth-order valence-corrected chi connectivity index (χ4v) is 4.04. The third kappa shape index (κ3) is 4.83. The van der Waals surface area contributed by atoms with E-state index in [1.54, 1.807) is 12.0 Å². The van der Waals surface area contributed by atoms with Crippen LogP contribution in [0.3, 0.4) is 0 Å². The van der Waals surface area contributed by atoms with Gasteiger partial charge < -0.3 is 19.7 Å². The molecule has 4 atom stereocenters. The molecule has 2 rings (SSSR count). The van der Waals surface area contributed by atoms with Crippen molar-refractivity contribution in [3.8, 4) is 0 Å². The van der Waals surface area contributed by atoms with E-state index in [9.17, 15) is 4.79 Å². The largest absolute Gasteiger partial charge is 0.444 e. The SMILES string of the molecule is CO[C@H]1CN(C(=O)OC(C)(C)C)CC1NC1CC(C)(C)CC1C. The highest BCUT2D eigenvalue weighted by Crippen LogP contribution is 2.41. The van der Waals surface area contributed by atoms with E-state index in [0.29, 0.717) is 30.5 Å². The lowest BCUT2D eigenvalue weighted by atomic mass is 9.91. The van der Waals surface area contributed by atoms with Crippen LogP contribution in [-0.2, 0) is 9.47 Å². The minimum atomic E-state index is -0.463. The number of nitrogens with one attached hydrogen (secondary N) is 1. The summed E-state index contributed by atoms with van der Waals surface area (Å²) in [6, 6.07) is 0.667. The number of likely N-dealkylation sites (tertiary alicyclic amines) is 1. The normalized spacial score (nSPS) is 34.0. The minimum Gasteiger partial charge on any atom is -0.444 e. The van der Waals surface area contributed by atoms with Gasteiger partial charge in [0.15, 0.2) is 0 Å². The molecule has 0 radical (unpaired) electrons. The Morgan fingerprint density at radius 3 is 2.30 bits per heavy atom. The second kappa shape index (κ2) is 6.60. The summed E-state index contributed by atoms with van der Waals surface area (Å²) < 4.78 is 11.1. The number of rotatable bonds is 3. The number of ether oxygens (including phenoxy) is 2. The Morgan fingerprint density at radius 1 is 1.17 bits per heavy atom. The summed E-state index contributed by atoms with van der Waals surface area (Å²) in [5.41, 5.74) is -0.0712. The van der Waals surface area contributed by atoms with Crippen LogP contribution in [0.25, 0.3) is 0 Å². The van der Waals surface area contributed by atoms with Crippen LogP contribution in [0.5, 0.6) is 0 Å². The highest BCUT2D eigenvalue weighted by molar-refractivity contribution is 5.68. The minimum absolute atomic E-state index is 0.0263. The molecular formula is C18H34N2O3. The van der Waals surface area contributed by atoms with Gasteiger partial charge in [0, 0.05) is 19.7 Å². The van der Waals surface area contributed by atoms with Crippen LogP contribution in [0.15, 0.2) is 0 Å². The molecular weight excluding hydrogens is 292 g/mol. The van der Waals surface area contributed by atoms with Crippen molar-refractivity contribution in [1.29, 1.82) is 0 Å². The van der Waals surface area contributed by atoms with Gasteiger partial charge in [-0.05, 0) is 44.9 Å². The number of carbonyl (C=O) groups excluding carboxylic acids is 1. The van der Waals surface area contributed by atoms with Crippen LogP contribution in [0.4, 0.5) is 4.79 Å². The molecule has 1 amide bonds.